The van der Waals surface area contributed by atoms with E-state index in [4.69, 9.17) is 11.6 Å². The van der Waals surface area contributed by atoms with Gasteiger partial charge in [0.05, 0.1) is 22.8 Å². The van der Waals surface area contributed by atoms with Crippen LogP contribution in [-0.2, 0) is 14.6 Å². The molecule has 1 atom stereocenters. The van der Waals surface area contributed by atoms with Gasteiger partial charge in [-0.1, -0.05) is 11.6 Å². The average Bonchev–Trinajstić information content (AvgIpc) is 3.22. The number of halogens is 4. The van der Waals surface area contributed by atoms with Crippen LogP contribution in [0.25, 0.3) is 5.82 Å². The highest BCUT2D eigenvalue weighted by Crippen LogP contribution is 2.21. The summed E-state index contributed by atoms with van der Waals surface area (Å²) in [6.07, 6.45) is -1.87. The minimum Gasteiger partial charge on any atom is -0.342 e. The molecule has 0 saturated carbocycles. The van der Waals surface area contributed by atoms with Crippen LogP contribution in [0.1, 0.15) is 29.1 Å². The van der Waals surface area contributed by atoms with Gasteiger partial charge in [0.2, 0.25) is 0 Å². The van der Waals surface area contributed by atoms with Gasteiger partial charge in [-0.3, -0.25) is 9.59 Å². The monoisotopic (exact) mass is 516 g/mol. The number of nitrogens with zero attached hydrogens (tertiary/aromatic N) is 4. The summed E-state index contributed by atoms with van der Waals surface area (Å²) in [5.74, 6) is -2.40. The Morgan fingerprint density at radius 2 is 1.85 bits per heavy atom. The topological polar surface area (TPSA) is 136 Å². The first kappa shape index (κ1) is 25.1. The quantitative estimate of drug-likeness (QED) is 0.514. The number of aromatic nitrogens is 4. The lowest BCUT2D eigenvalue weighted by Gasteiger charge is -2.15. The van der Waals surface area contributed by atoms with Gasteiger partial charge in [-0.05, 0) is 37.3 Å². The lowest BCUT2D eigenvalue weighted by atomic mass is 10.2. The number of sulfone groups is 1. The third-order valence-electron chi connectivity index (χ3n) is 4.35. The molecule has 0 bridgehead atoms. The second kappa shape index (κ2) is 9.38. The number of nitrogens with one attached hydrogen (secondary N) is 2. The third-order valence-corrected chi connectivity index (χ3v) is 5.66. The Labute approximate surface area is 196 Å². The maximum atomic E-state index is 12.7. The van der Waals surface area contributed by atoms with Crippen molar-refractivity contribution in [2.24, 2.45) is 0 Å². The Balaban J connectivity index is 1.79. The molecule has 0 unspecified atom stereocenters. The molecule has 2 amide bonds. The fourth-order valence-electron chi connectivity index (χ4n) is 2.76. The van der Waals surface area contributed by atoms with Crippen molar-refractivity contribution in [2.45, 2.75) is 24.0 Å². The van der Waals surface area contributed by atoms with Crippen LogP contribution in [0.15, 0.2) is 47.8 Å². The Kier molecular flexibility index (Phi) is 6.93. The molecule has 34 heavy (non-hydrogen) atoms. The predicted octanol–water partition coefficient (Wildman–Crippen LogP) is 2.71. The van der Waals surface area contributed by atoms with Crippen molar-refractivity contribution in [3.05, 3.63) is 59.3 Å². The van der Waals surface area contributed by atoms with Crippen LogP contribution in [0, 0.1) is 0 Å². The maximum absolute atomic E-state index is 12.7. The smallest absolute Gasteiger partial charge is 0.342 e. The molecule has 0 aliphatic rings. The Bertz CT molecular complexity index is 1340. The number of hydrogen-bond acceptors (Lipinski definition) is 7. The fraction of sp³-hybridized carbons (Fsp3) is 0.211. The molecule has 0 aliphatic carbocycles. The molecule has 2 aromatic heterocycles. The molecule has 0 spiro atoms. The van der Waals surface area contributed by atoms with Gasteiger partial charge >= 0.3 is 12.1 Å². The van der Waals surface area contributed by atoms with Crippen molar-refractivity contribution in [1.29, 1.82) is 0 Å². The van der Waals surface area contributed by atoms with Crippen LogP contribution in [-0.4, -0.2) is 52.4 Å². The highest BCUT2D eigenvalue weighted by atomic mass is 35.5. The summed E-state index contributed by atoms with van der Waals surface area (Å²) in [6, 6.07) is 5.46. The van der Waals surface area contributed by atoms with Crippen LogP contribution in [0.4, 0.5) is 18.9 Å². The van der Waals surface area contributed by atoms with E-state index in [-0.39, 0.29) is 32.8 Å². The van der Waals surface area contributed by atoms with E-state index in [1.807, 2.05) is 0 Å². The third kappa shape index (κ3) is 5.88. The van der Waals surface area contributed by atoms with Crippen LogP contribution in [0.3, 0.4) is 0 Å². The van der Waals surface area contributed by atoms with Gasteiger partial charge in [0, 0.05) is 16.8 Å². The number of alkyl halides is 3. The van der Waals surface area contributed by atoms with E-state index >= 15 is 0 Å². The highest BCUT2D eigenvalue weighted by Gasteiger charge is 2.38. The largest absolute Gasteiger partial charge is 0.471 e. The lowest BCUT2D eigenvalue weighted by molar-refractivity contribution is -0.167. The molecular formula is C19H16ClF3N6O4S. The predicted molar refractivity (Wildman–Crippen MR) is 114 cm³/mol. The number of carbonyl (C=O) groups excluding carboxylic acids is 2. The van der Waals surface area contributed by atoms with Crippen molar-refractivity contribution in [3.63, 3.8) is 0 Å². The molecule has 0 radical (unpaired) electrons. The zero-order valence-electron chi connectivity index (χ0n) is 17.5. The van der Waals surface area contributed by atoms with Gasteiger partial charge in [0.15, 0.2) is 21.5 Å². The van der Waals surface area contributed by atoms with Crippen molar-refractivity contribution >= 4 is 38.9 Å². The zero-order chi connectivity index (χ0) is 25.3. The summed E-state index contributed by atoms with van der Waals surface area (Å²) in [6.45, 7) is 1.58. The summed E-state index contributed by atoms with van der Waals surface area (Å²) in [4.78, 5) is 31.6. The molecule has 0 aliphatic heterocycles. The van der Waals surface area contributed by atoms with E-state index in [1.165, 1.54) is 41.3 Å². The first-order chi connectivity index (χ1) is 15.8. The van der Waals surface area contributed by atoms with E-state index in [0.717, 1.165) is 12.5 Å². The Morgan fingerprint density at radius 3 is 2.44 bits per heavy atom. The zero-order valence-corrected chi connectivity index (χ0v) is 19.0. The molecule has 10 nitrogen and oxygen atoms in total. The first-order valence-electron chi connectivity index (χ1n) is 9.32. The number of anilines is 1. The van der Waals surface area contributed by atoms with Gasteiger partial charge in [-0.2, -0.15) is 23.0 Å². The molecule has 3 aromatic rings. The van der Waals surface area contributed by atoms with Crippen LogP contribution in [0.5, 0.6) is 0 Å². The van der Waals surface area contributed by atoms with Gasteiger partial charge in [-0.25, -0.2) is 18.4 Å². The summed E-state index contributed by atoms with van der Waals surface area (Å²) in [5.41, 5.74) is -0.176. The van der Waals surface area contributed by atoms with E-state index < -0.39 is 33.9 Å². The molecule has 1 aromatic carbocycles. The summed E-state index contributed by atoms with van der Waals surface area (Å²) < 4.78 is 62.0. The van der Waals surface area contributed by atoms with Crippen LogP contribution < -0.4 is 10.6 Å². The lowest BCUT2D eigenvalue weighted by Crippen LogP contribution is -2.30. The highest BCUT2D eigenvalue weighted by molar-refractivity contribution is 7.90. The molecular weight excluding hydrogens is 501 g/mol. The van der Waals surface area contributed by atoms with Crippen molar-refractivity contribution < 1.29 is 31.2 Å². The Hall–Kier alpha value is -3.52. The molecule has 15 heteroatoms. The van der Waals surface area contributed by atoms with Gasteiger partial charge in [-0.15, -0.1) is 0 Å². The molecule has 0 fully saturated rings. The molecule has 180 valence electrons. The fourth-order valence-corrected chi connectivity index (χ4v) is 3.74. The minimum atomic E-state index is -5.05. The normalized spacial score (nSPS) is 12.8. The SMILES string of the molecule is C[C@@H](NC(=O)c1cc(Cl)cc(S(C)(=O)=O)c1)c1ncnn1-c1ccc(NC(=O)C(F)(F)F)cn1. The number of pyridine rings is 1. The molecule has 2 N–H and O–H groups in total. The van der Waals surface area contributed by atoms with Gasteiger partial charge in [0.1, 0.15) is 6.33 Å². The second-order valence-electron chi connectivity index (χ2n) is 7.03. The molecule has 2 heterocycles. The number of hydrogen-bond donors (Lipinski definition) is 2. The van der Waals surface area contributed by atoms with Crippen molar-refractivity contribution in [3.8, 4) is 5.82 Å². The number of benzene rings is 1. The number of carbonyl (C=O) groups is 2. The van der Waals surface area contributed by atoms with Crippen LogP contribution in [0.2, 0.25) is 5.02 Å². The minimum absolute atomic E-state index is 0.00808. The number of amides is 2. The summed E-state index contributed by atoms with van der Waals surface area (Å²) >= 11 is 5.94. The first-order valence-corrected chi connectivity index (χ1v) is 11.6. The van der Waals surface area contributed by atoms with E-state index in [9.17, 15) is 31.2 Å². The van der Waals surface area contributed by atoms with Gasteiger partial charge in [0.25, 0.3) is 5.91 Å². The van der Waals surface area contributed by atoms with E-state index in [1.54, 1.807) is 12.2 Å². The summed E-state index contributed by atoms with van der Waals surface area (Å²) in [7, 11) is -3.60. The molecule has 3 rings (SSSR count). The standard InChI is InChI=1S/C19H16ClF3N6O4S/c1-10(27-17(30)11-5-12(20)7-14(6-11)34(2,32)33)16-25-9-26-29(16)15-4-3-13(8-24-15)28-18(31)19(21,22)23/h3-10H,1-2H3,(H,27,30)(H,28,31)/t10-/m1/s1. The van der Waals surface area contributed by atoms with E-state index in [2.05, 4.69) is 20.4 Å². The Morgan fingerprint density at radius 1 is 1.15 bits per heavy atom. The summed E-state index contributed by atoms with van der Waals surface area (Å²) in [5, 5.41) is 8.38. The van der Waals surface area contributed by atoms with Crippen molar-refractivity contribution in [1.82, 2.24) is 25.1 Å². The molecule has 0 saturated heterocycles. The van der Waals surface area contributed by atoms with Gasteiger partial charge < -0.3 is 10.6 Å². The number of rotatable bonds is 6. The van der Waals surface area contributed by atoms with E-state index in [0.29, 0.717) is 0 Å². The maximum Gasteiger partial charge on any atom is 0.471 e. The van der Waals surface area contributed by atoms with Crippen LogP contribution >= 0.6 is 11.6 Å². The average molecular weight is 517 g/mol. The van der Waals surface area contributed by atoms with Crippen molar-refractivity contribution in [2.75, 3.05) is 11.6 Å². The second-order valence-corrected chi connectivity index (χ2v) is 9.48.